The Morgan fingerprint density at radius 1 is 0.793 bits per heavy atom. The van der Waals surface area contributed by atoms with Gasteiger partial charge in [0.05, 0.1) is 10.3 Å². The third-order valence-corrected chi connectivity index (χ3v) is 6.19. The smallest absolute Gasteiger partial charge is 0.261 e. The minimum Gasteiger partial charge on any atom is -0.325 e. The molecule has 0 spiro atoms. The highest BCUT2D eigenvalue weighted by Gasteiger charge is 2.29. The van der Waals surface area contributed by atoms with Crippen molar-refractivity contribution in [3.8, 4) is 0 Å². The lowest BCUT2D eigenvalue weighted by molar-refractivity contribution is -0.120. The van der Waals surface area contributed by atoms with Crippen LogP contribution < -0.4 is 10.0 Å². The minimum atomic E-state index is -3.65. The Hall–Kier alpha value is -3.12. The van der Waals surface area contributed by atoms with E-state index in [9.17, 15) is 13.2 Å². The van der Waals surface area contributed by atoms with Gasteiger partial charge in [-0.25, -0.2) is 8.42 Å². The van der Waals surface area contributed by atoms with Gasteiger partial charge in [-0.1, -0.05) is 48.0 Å². The van der Waals surface area contributed by atoms with Crippen molar-refractivity contribution in [3.05, 3.63) is 90.0 Å². The summed E-state index contributed by atoms with van der Waals surface area (Å²) < 4.78 is 27.3. The molecule has 0 saturated carbocycles. The monoisotopic (exact) mass is 408 g/mol. The fourth-order valence-corrected chi connectivity index (χ4v) is 3.90. The van der Waals surface area contributed by atoms with Crippen molar-refractivity contribution in [1.29, 1.82) is 0 Å². The van der Waals surface area contributed by atoms with Gasteiger partial charge in [-0.3, -0.25) is 9.52 Å². The van der Waals surface area contributed by atoms with Gasteiger partial charge in [0.15, 0.2) is 0 Å². The van der Waals surface area contributed by atoms with Crippen molar-refractivity contribution in [2.75, 3.05) is 10.0 Å². The molecule has 0 aromatic heterocycles. The predicted molar refractivity (Wildman–Crippen MR) is 117 cm³/mol. The van der Waals surface area contributed by atoms with Gasteiger partial charge in [0.2, 0.25) is 5.91 Å². The van der Waals surface area contributed by atoms with Crippen LogP contribution in [-0.2, 0) is 20.2 Å². The van der Waals surface area contributed by atoms with Crippen molar-refractivity contribution in [1.82, 2.24) is 0 Å². The molecular weight excluding hydrogens is 384 g/mol. The molecule has 150 valence electrons. The van der Waals surface area contributed by atoms with Crippen LogP contribution >= 0.6 is 0 Å². The van der Waals surface area contributed by atoms with Crippen LogP contribution in [0.2, 0.25) is 0 Å². The van der Waals surface area contributed by atoms with Crippen LogP contribution in [0.4, 0.5) is 11.4 Å². The Balaban J connectivity index is 1.70. The first-order chi connectivity index (χ1) is 13.7. The molecule has 2 N–H and O–H groups in total. The molecule has 6 heteroatoms. The van der Waals surface area contributed by atoms with E-state index in [1.165, 1.54) is 12.1 Å². The van der Waals surface area contributed by atoms with Crippen molar-refractivity contribution in [2.24, 2.45) is 0 Å². The van der Waals surface area contributed by atoms with Crippen molar-refractivity contribution in [2.45, 2.75) is 31.1 Å². The summed E-state index contributed by atoms with van der Waals surface area (Å²) in [5.41, 5.74) is 2.37. The highest BCUT2D eigenvalue weighted by molar-refractivity contribution is 7.92. The number of nitrogens with one attached hydrogen (secondary N) is 2. The molecule has 0 bridgehead atoms. The van der Waals surface area contributed by atoms with Crippen LogP contribution in [0.15, 0.2) is 83.8 Å². The highest BCUT2D eigenvalue weighted by Crippen LogP contribution is 2.26. The summed E-state index contributed by atoms with van der Waals surface area (Å²) >= 11 is 0. The third kappa shape index (κ3) is 4.84. The summed E-state index contributed by atoms with van der Waals surface area (Å²) in [7, 11) is -3.65. The molecular formula is C23H24N2O3S. The topological polar surface area (TPSA) is 75.3 Å². The van der Waals surface area contributed by atoms with Gasteiger partial charge < -0.3 is 5.32 Å². The standard InChI is InChI=1S/C23H24N2O3S/c1-17-9-11-18(12-10-17)23(2,3)22(26)24-19-13-15-20(16-14-19)25-29(27,28)21-7-5-4-6-8-21/h4-16,25H,1-3H3,(H,24,26). The summed E-state index contributed by atoms with van der Waals surface area (Å²) in [6.45, 7) is 5.75. The van der Waals surface area contributed by atoms with E-state index >= 15 is 0 Å². The second-order valence-electron chi connectivity index (χ2n) is 7.44. The maximum absolute atomic E-state index is 12.8. The van der Waals surface area contributed by atoms with Gasteiger partial charge in [-0.2, -0.15) is 0 Å². The molecule has 0 aliphatic carbocycles. The molecule has 1 amide bonds. The molecule has 0 atom stereocenters. The molecule has 0 heterocycles. The molecule has 5 nitrogen and oxygen atoms in total. The van der Waals surface area contributed by atoms with Crippen LogP contribution in [0.25, 0.3) is 0 Å². The highest BCUT2D eigenvalue weighted by atomic mass is 32.2. The summed E-state index contributed by atoms with van der Waals surface area (Å²) in [6.07, 6.45) is 0. The number of amides is 1. The maximum atomic E-state index is 12.8. The van der Waals surface area contributed by atoms with Crippen molar-refractivity contribution >= 4 is 27.3 Å². The van der Waals surface area contributed by atoms with Gasteiger partial charge in [-0.15, -0.1) is 0 Å². The number of anilines is 2. The van der Waals surface area contributed by atoms with E-state index in [2.05, 4.69) is 10.0 Å². The molecule has 0 aliphatic rings. The minimum absolute atomic E-state index is 0.140. The summed E-state index contributed by atoms with van der Waals surface area (Å²) in [5, 5.41) is 2.90. The van der Waals surface area contributed by atoms with Crippen molar-refractivity contribution in [3.63, 3.8) is 0 Å². The zero-order valence-electron chi connectivity index (χ0n) is 16.6. The first kappa shape index (κ1) is 20.6. The fraction of sp³-hybridized carbons (Fsp3) is 0.174. The average molecular weight is 409 g/mol. The number of carbonyl (C=O) groups excluding carboxylic acids is 1. The Kier molecular flexibility index (Phi) is 5.75. The van der Waals surface area contributed by atoms with E-state index in [0.29, 0.717) is 11.4 Å². The zero-order valence-corrected chi connectivity index (χ0v) is 17.5. The Morgan fingerprint density at radius 2 is 1.34 bits per heavy atom. The van der Waals surface area contributed by atoms with E-state index in [4.69, 9.17) is 0 Å². The first-order valence-corrected chi connectivity index (χ1v) is 10.7. The van der Waals surface area contributed by atoms with Gasteiger partial charge in [-0.05, 0) is 62.7 Å². The molecule has 0 radical (unpaired) electrons. The average Bonchev–Trinajstić information content (AvgIpc) is 2.70. The van der Waals surface area contributed by atoms with Crippen LogP contribution in [0, 0.1) is 6.92 Å². The Morgan fingerprint density at radius 3 is 1.93 bits per heavy atom. The van der Waals surface area contributed by atoms with Gasteiger partial charge in [0, 0.05) is 11.4 Å². The van der Waals surface area contributed by atoms with Gasteiger partial charge in [0.25, 0.3) is 10.0 Å². The molecule has 0 fully saturated rings. The predicted octanol–water partition coefficient (Wildman–Crippen LogP) is 4.71. The molecule has 3 aromatic rings. The second kappa shape index (κ2) is 8.09. The number of aryl methyl sites for hydroxylation is 1. The second-order valence-corrected chi connectivity index (χ2v) is 9.12. The number of rotatable bonds is 6. The van der Waals surface area contributed by atoms with E-state index in [-0.39, 0.29) is 10.8 Å². The number of benzene rings is 3. The summed E-state index contributed by atoms with van der Waals surface area (Å²) in [5.74, 6) is -0.140. The lowest BCUT2D eigenvalue weighted by atomic mass is 9.83. The lowest BCUT2D eigenvalue weighted by Gasteiger charge is -2.24. The largest absolute Gasteiger partial charge is 0.325 e. The lowest BCUT2D eigenvalue weighted by Crippen LogP contribution is -2.34. The first-order valence-electron chi connectivity index (χ1n) is 9.25. The maximum Gasteiger partial charge on any atom is 0.261 e. The SMILES string of the molecule is Cc1ccc(C(C)(C)C(=O)Nc2ccc(NS(=O)(=O)c3ccccc3)cc2)cc1. The van der Waals surface area contributed by atoms with Crippen LogP contribution in [0.3, 0.4) is 0 Å². The van der Waals surface area contributed by atoms with Gasteiger partial charge >= 0.3 is 0 Å². The number of carbonyl (C=O) groups is 1. The summed E-state index contributed by atoms with van der Waals surface area (Å²) in [4.78, 5) is 13.0. The van der Waals surface area contributed by atoms with Crippen LogP contribution in [0.5, 0.6) is 0 Å². The molecule has 0 unspecified atom stereocenters. The molecule has 3 rings (SSSR count). The molecule has 3 aromatic carbocycles. The Bertz CT molecular complexity index is 1090. The molecule has 0 saturated heterocycles. The van der Waals surface area contributed by atoms with Crippen LogP contribution in [0.1, 0.15) is 25.0 Å². The quantitative estimate of drug-likeness (QED) is 0.620. The zero-order chi connectivity index (χ0) is 21.1. The van der Waals surface area contributed by atoms with E-state index < -0.39 is 15.4 Å². The molecule has 29 heavy (non-hydrogen) atoms. The number of hydrogen-bond donors (Lipinski definition) is 2. The fourth-order valence-electron chi connectivity index (χ4n) is 2.82. The number of hydrogen-bond acceptors (Lipinski definition) is 3. The van der Waals surface area contributed by atoms with E-state index in [1.807, 2.05) is 45.0 Å². The normalized spacial score (nSPS) is 11.7. The van der Waals surface area contributed by atoms with Crippen LogP contribution in [-0.4, -0.2) is 14.3 Å². The molecule has 0 aliphatic heterocycles. The summed E-state index contributed by atoms with van der Waals surface area (Å²) in [6, 6.07) is 22.6. The van der Waals surface area contributed by atoms with E-state index in [1.54, 1.807) is 42.5 Å². The Labute approximate surface area is 171 Å². The third-order valence-electron chi connectivity index (χ3n) is 4.79. The van der Waals surface area contributed by atoms with E-state index in [0.717, 1.165) is 11.1 Å². The van der Waals surface area contributed by atoms with Crippen molar-refractivity contribution < 1.29 is 13.2 Å². The van der Waals surface area contributed by atoms with Gasteiger partial charge in [0.1, 0.15) is 0 Å². The number of sulfonamides is 1.